The number of aromatic nitrogens is 2. The van der Waals surface area contributed by atoms with E-state index in [1.807, 2.05) is 13.0 Å². The van der Waals surface area contributed by atoms with Crippen molar-refractivity contribution in [3.63, 3.8) is 0 Å². The van der Waals surface area contributed by atoms with Gasteiger partial charge in [-0.25, -0.2) is 9.37 Å². The lowest BCUT2D eigenvalue weighted by atomic mass is 9.99. The van der Waals surface area contributed by atoms with Gasteiger partial charge in [-0.3, -0.25) is 0 Å². The van der Waals surface area contributed by atoms with Gasteiger partial charge in [0, 0.05) is 23.9 Å². The molecule has 128 valence electrons. The van der Waals surface area contributed by atoms with Gasteiger partial charge in [0.2, 0.25) is 5.95 Å². The van der Waals surface area contributed by atoms with E-state index in [9.17, 15) is 4.39 Å². The van der Waals surface area contributed by atoms with Gasteiger partial charge in [-0.2, -0.15) is 4.98 Å². The molecule has 5 nitrogen and oxygen atoms in total. The van der Waals surface area contributed by atoms with E-state index in [1.54, 1.807) is 19.2 Å². The van der Waals surface area contributed by atoms with Crippen LogP contribution in [0, 0.1) is 12.7 Å². The van der Waals surface area contributed by atoms with E-state index in [-0.39, 0.29) is 17.8 Å². The zero-order valence-electron chi connectivity index (χ0n) is 14.1. The third-order valence-corrected chi connectivity index (χ3v) is 4.47. The lowest BCUT2D eigenvalue weighted by molar-refractivity contribution is 0.411. The first kappa shape index (κ1) is 16.5. The highest BCUT2D eigenvalue weighted by atomic mass is 19.1. The summed E-state index contributed by atoms with van der Waals surface area (Å²) in [6.45, 7) is 2.71. The standard InChI is InChI=1S/C18H23FN4O/c1-12-10-17(22-18(20)21-12)23-9-5-3-4-6-16(23)14-11-13(24-2)7-8-15(14)19/h7-8,10-11,16H,3-6,9H2,1-2H3,(H2,20,21,22)/t16-/m0/s1. The van der Waals surface area contributed by atoms with Crippen LogP contribution in [-0.2, 0) is 0 Å². The highest BCUT2D eigenvalue weighted by molar-refractivity contribution is 5.47. The number of ether oxygens (including phenoxy) is 1. The average molecular weight is 330 g/mol. The maximum absolute atomic E-state index is 14.5. The van der Waals surface area contributed by atoms with Gasteiger partial charge in [-0.15, -0.1) is 0 Å². The van der Waals surface area contributed by atoms with Crippen molar-refractivity contribution in [2.24, 2.45) is 0 Å². The number of halogens is 1. The minimum atomic E-state index is -0.216. The van der Waals surface area contributed by atoms with Crippen molar-refractivity contribution in [1.29, 1.82) is 0 Å². The number of rotatable bonds is 3. The van der Waals surface area contributed by atoms with Gasteiger partial charge < -0.3 is 15.4 Å². The van der Waals surface area contributed by atoms with Crippen molar-refractivity contribution in [2.45, 2.75) is 38.6 Å². The van der Waals surface area contributed by atoms with Gasteiger partial charge >= 0.3 is 0 Å². The molecule has 0 bridgehead atoms. The first-order chi connectivity index (χ1) is 11.6. The molecule has 0 spiro atoms. The van der Waals surface area contributed by atoms with Crippen molar-refractivity contribution >= 4 is 11.8 Å². The predicted molar refractivity (Wildman–Crippen MR) is 92.7 cm³/mol. The number of nitrogens with zero attached hydrogens (tertiary/aromatic N) is 3. The Morgan fingerprint density at radius 2 is 2.04 bits per heavy atom. The summed E-state index contributed by atoms with van der Waals surface area (Å²) in [5.41, 5.74) is 7.28. The molecule has 1 aliphatic rings. The average Bonchev–Trinajstić information content (AvgIpc) is 2.80. The molecule has 1 aliphatic heterocycles. The Kier molecular flexibility index (Phi) is 4.83. The number of anilines is 2. The summed E-state index contributed by atoms with van der Waals surface area (Å²) in [4.78, 5) is 10.7. The summed E-state index contributed by atoms with van der Waals surface area (Å²) >= 11 is 0. The SMILES string of the molecule is COc1ccc(F)c([C@@H]2CCCCCN2c2cc(C)nc(N)n2)c1. The van der Waals surface area contributed by atoms with E-state index in [0.29, 0.717) is 11.3 Å². The van der Waals surface area contributed by atoms with Crippen LogP contribution in [0.3, 0.4) is 0 Å². The molecule has 0 amide bonds. The molecule has 2 heterocycles. The highest BCUT2D eigenvalue weighted by Gasteiger charge is 2.27. The van der Waals surface area contributed by atoms with Gasteiger partial charge in [0.25, 0.3) is 0 Å². The molecule has 6 heteroatoms. The zero-order valence-corrected chi connectivity index (χ0v) is 14.1. The second-order valence-electron chi connectivity index (χ2n) is 6.17. The van der Waals surface area contributed by atoms with Crippen molar-refractivity contribution in [3.8, 4) is 5.75 Å². The topological polar surface area (TPSA) is 64.3 Å². The van der Waals surface area contributed by atoms with Gasteiger partial charge in [-0.1, -0.05) is 12.8 Å². The molecular formula is C18H23FN4O. The molecule has 0 aliphatic carbocycles. The van der Waals surface area contributed by atoms with Crippen molar-refractivity contribution < 1.29 is 9.13 Å². The summed E-state index contributed by atoms with van der Waals surface area (Å²) in [7, 11) is 1.59. The summed E-state index contributed by atoms with van der Waals surface area (Å²) in [6, 6.07) is 6.72. The molecule has 1 atom stereocenters. The van der Waals surface area contributed by atoms with Gasteiger partial charge in [0.1, 0.15) is 17.4 Å². The fourth-order valence-corrected chi connectivity index (χ4v) is 3.33. The highest BCUT2D eigenvalue weighted by Crippen LogP contribution is 2.36. The smallest absolute Gasteiger partial charge is 0.222 e. The van der Waals surface area contributed by atoms with Gasteiger partial charge in [0.15, 0.2) is 0 Å². The molecule has 1 aromatic heterocycles. The number of methoxy groups -OCH3 is 1. The van der Waals surface area contributed by atoms with E-state index in [2.05, 4.69) is 14.9 Å². The molecule has 2 N–H and O–H groups in total. The monoisotopic (exact) mass is 330 g/mol. The number of hydrogen-bond donors (Lipinski definition) is 1. The molecule has 3 rings (SSSR count). The maximum Gasteiger partial charge on any atom is 0.222 e. The Morgan fingerprint density at radius 3 is 2.79 bits per heavy atom. The van der Waals surface area contributed by atoms with Crippen LogP contribution in [0.1, 0.15) is 43.0 Å². The molecule has 2 aromatic rings. The fraction of sp³-hybridized carbons (Fsp3) is 0.444. The van der Waals surface area contributed by atoms with Crippen LogP contribution < -0.4 is 15.4 Å². The van der Waals surface area contributed by atoms with Gasteiger partial charge in [-0.05, 0) is 38.0 Å². The van der Waals surface area contributed by atoms with Crippen LogP contribution in [0.15, 0.2) is 24.3 Å². The maximum atomic E-state index is 14.5. The molecule has 0 saturated carbocycles. The first-order valence-electron chi connectivity index (χ1n) is 8.29. The molecular weight excluding hydrogens is 307 g/mol. The zero-order chi connectivity index (χ0) is 17.1. The largest absolute Gasteiger partial charge is 0.497 e. The minimum absolute atomic E-state index is 0.0868. The first-order valence-corrected chi connectivity index (χ1v) is 8.29. The second-order valence-corrected chi connectivity index (χ2v) is 6.17. The molecule has 1 saturated heterocycles. The third kappa shape index (κ3) is 3.42. The molecule has 24 heavy (non-hydrogen) atoms. The van der Waals surface area contributed by atoms with E-state index >= 15 is 0 Å². The summed E-state index contributed by atoms with van der Waals surface area (Å²) in [5.74, 6) is 1.45. The van der Waals surface area contributed by atoms with Gasteiger partial charge in [0.05, 0.1) is 13.2 Å². The summed E-state index contributed by atoms with van der Waals surface area (Å²) < 4.78 is 19.8. The van der Waals surface area contributed by atoms with E-state index in [1.165, 1.54) is 6.07 Å². The summed E-state index contributed by atoms with van der Waals surface area (Å²) in [6.07, 6.45) is 4.09. The Bertz CT molecular complexity index is 702. The van der Waals surface area contributed by atoms with Crippen LogP contribution in [0.5, 0.6) is 5.75 Å². The predicted octanol–water partition coefficient (Wildman–Crippen LogP) is 3.64. The quantitative estimate of drug-likeness (QED) is 0.931. The number of hydrogen-bond acceptors (Lipinski definition) is 5. The molecule has 0 radical (unpaired) electrons. The number of aryl methyl sites for hydroxylation is 1. The fourth-order valence-electron chi connectivity index (χ4n) is 3.33. The molecule has 1 fully saturated rings. The number of benzene rings is 1. The Labute approximate surface area is 141 Å². The van der Waals surface area contributed by atoms with E-state index in [0.717, 1.165) is 43.7 Å². The van der Waals surface area contributed by atoms with Crippen LogP contribution >= 0.6 is 0 Å². The van der Waals surface area contributed by atoms with Crippen LogP contribution in [0.2, 0.25) is 0 Å². The second kappa shape index (κ2) is 7.03. The Hall–Kier alpha value is -2.37. The number of nitrogens with two attached hydrogens (primary N) is 1. The Balaban J connectivity index is 2.05. The third-order valence-electron chi connectivity index (χ3n) is 4.47. The normalized spacial score (nSPS) is 18.3. The molecule has 1 aromatic carbocycles. The Morgan fingerprint density at radius 1 is 1.21 bits per heavy atom. The van der Waals surface area contributed by atoms with E-state index < -0.39 is 0 Å². The van der Waals surface area contributed by atoms with Crippen LogP contribution in [0.25, 0.3) is 0 Å². The van der Waals surface area contributed by atoms with Crippen LogP contribution in [0.4, 0.5) is 16.2 Å². The molecule has 0 unspecified atom stereocenters. The van der Waals surface area contributed by atoms with Crippen LogP contribution in [-0.4, -0.2) is 23.6 Å². The number of nitrogen functional groups attached to an aromatic ring is 1. The summed E-state index contributed by atoms with van der Waals surface area (Å²) in [5, 5.41) is 0. The lowest BCUT2D eigenvalue weighted by Gasteiger charge is -2.32. The van der Waals surface area contributed by atoms with Crippen molar-refractivity contribution in [2.75, 3.05) is 24.3 Å². The minimum Gasteiger partial charge on any atom is -0.497 e. The van der Waals surface area contributed by atoms with Crippen molar-refractivity contribution in [1.82, 2.24) is 9.97 Å². The van der Waals surface area contributed by atoms with Crippen molar-refractivity contribution in [3.05, 3.63) is 41.3 Å². The van der Waals surface area contributed by atoms with E-state index in [4.69, 9.17) is 10.5 Å². The lowest BCUT2D eigenvalue weighted by Crippen LogP contribution is -2.30.